The molecule has 0 bridgehead atoms. The Morgan fingerprint density at radius 3 is 2.33 bits per heavy atom. The molecule has 0 atom stereocenters. The van der Waals surface area contributed by atoms with Gasteiger partial charge in [0.1, 0.15) is 0 Å². The van der Waals surface area contributed by atoms with E-state index in [1.54, 1.807) is 0 Å². The summed E-state index contributed by atoms with van der Waals surface area (Å²) in [4.78, 5) is 14.8. The molecule has 98 valence electrons. The molecule has 18 heavy (non-hydrogen) atoms. The first-order valence-electron chi connectivity index (χ1n) is 6.43. The molecule has 1 fully saturated rings. The Balaban J connectivity index is 2.01. The first-order valence-corrected chi connectivity index (χ1v) is 7.35. The van der Waals surface area contributed by atoms with Crippen molar-refractivity contribution < 1.29 is 4.79 Å². The summed E-state index contributed by atoms with van der Waals surface area (Å²) < 4.78 is 0. The molecule has 0 aliphatic heterocycles. The largest absolute Gasteiger partial charge is 0.341 e. The lowest BCUT2D eigenvalue weighted by Gasteiger charge is -2.34. The van der Waals surface area contributed by atoms with Crippen molar-refractivity contribution in [3.8, 4) is 0 Å². The Morgan fingerprint density at radius 2 is 1.83 bits per heavy atom. The predicted molar refractivity (Wildman–Crippen MR) is 78.3 cm³/mol. The summed E-state index contributed by atoms with van der Waals surface area (Å²) in [6, 6.07) is 6.04. The molecule has 1 aliphatic carbocycles. The zero-order valence-electron chi connectivity index (χ0n) is 11.2. The highest BCUT2D eigenvalue weighted by atomic mass is 79.9. The van der Waals surface area contributed by atoms with Crippen LogP contribution in [0.25, 0.3) is 0 Å². The maximum atomic E-state index is 12.3. The van der Waals surface area contributed by atoms with Gasteiger partial charge in [-0.15, -0.1) is 0 Å². The van der Waals surface area contributed by atoms with Crippen LogP contribution in [0.4, 0.5) is 0 Å². The summed E-state index contributed by atoms with van der Waals surface area (Å²) in [5.74, 6) is 0.800. The highest BCUT2D eigenvalue weighted by Gasteiger charge is 2.28. The van der Waals surface area contributed by atoms with Crippen molar-refractivity contribution in [2.24, 2.45) is 5.92 Å². The Bertz CT molecular complexity index is 432. The van der Waals surface area contributed by atoms with Crippen molar-refractivity contribution >= 4 is 21.8 Å². The lowest BCUT2D eigenvalue weighted by atomic mass is 9.85. The van der Waals surface area contributed by atoms with Crippen LogP contribution in [0.5, 0.6) is 0 Å². The maximum Gasteiger partial charge on any atom is 0.253 e. The van der Waals surface area contributed by atoms with E-state index in [0.717, 1.165) is 23.2 Å². The first kappa shape index (κ1) is 13.6. The van der Waals surface area contributed by atoms with E-state index in [1.807, 2.05) is 37.9 Å². The van der Waals surface area contributed by atoms with E-state index < -0.39 is 0 Å². The Kier molecular flexibility index (Phi) is 4.10. The van der Waals surface area contributed by atoms with Gasteiger partial charge in [-0.05, 0) is 44.7 Å². The normalized spacial score (nSPS) is 22.4. The molecule has 0 heterocycles. The molecule has 2 nitrogen and oxygen atoms in total. The van der Waals surface area contributed by atoms with Crippen LogP contribution in [-0.2, 0) is 0 Å². The fourth-order valence-corrected chi connectivity index (χ4v) is 3.65. The average molecular weight is 310 g/mol. The Hall–Kier alpha value is -0.830. The van der Waals surface area contributed by atoms with Gasteiger partial charge < -0.3 is 4.90 Å². The highest BCUT2D eigenvalue weighted by molar-refractivity contribution is 9.09. The van der Waals surface area contributed by atoms with Crippen LogP contribution in [0.3, 0.4) is 0 Å². The summed E-state index contributed by atoms with van der Waals surface area (Å²) in [6.45, 7) is 4.93. The number of hydrogen-bond acceptors (Lipinski definition) is 1. The summed E-state index contributed by atoms with van der Waals surface area (Å²) in [5.41, 5.74) is 3.11. The molecule has 2 rings (SSSR count). The first-order chi connectivity index (χ1) is 8.45. The van der Waals surface area contributed by atoms with Crippen molar-refractivity contribution in [2.45, 2.75) is 31.5 Å². The van der Waals surface area contributed by atoms with Gasteiger partial charge in [-0.25, -0.2) is 0 Å². The molecule has 1 aromatic carbocycles. The molecule has 0 unspecified atom stereocenters. The summed E-state index contributed by atoms with van der Waals surface area (Å²) in [6.07, 6.45) is 2.37. The Labute approximate surface area is 117 Å². The molecular weight excluding hydrogens is 290 g/mol. The van der Waals surface area contributed by atoms with Crippen molar-refractivity contribution in [1.29, 1.82) is 0 Å². The second-order valence-electron chi connectivity index (χ2n) is 5.50. The molecule has 1 saturated carbocycles. The van der Waals surface area contributed by atoms with E-state index in [1.165, 1.54) is 12.8 Å². The van der Waals surface area contributed by atoms with Crippen LogP contribution in [0.15, 0.2) is 18.2 Å². The third-order valence-corrected chi connectivity index (χ3v) is 4.27. The number of alkyl halides is 1. The number of amides is 1. The second-order valence-corrected chi connectivity index (χ2v) is 6.79. The SMILES string of the molecule is Cc1cc(C)cc(C(=O)N(C)CC2CC(Br)C2)c1. The van der Waals surface area contributed by atoms with Gasteiger partial charge in [-0.1, -0.05) is 33.1 Å². The zero-order valence-corrected chi connectivity index (χ0v) is 12.8. The van der Waals surface area contributed by atoms with Crippen LogP contribution in [-0.4, -0.2) is 29.2 Å². The van der Waals surface area contributed by atoms with E-state index in [9.17, 15) is 4.79 Å². The van der Waals surface area contributed by atoms with E-state index in [2.05, 4.69) is 22.0 Å². The number of carbonyl (C=O) groups excluding carboxylic acids is 1. The number of carbonyl (C=O) groups is 1. The van der Waals surface area contributed by atoms with Crippen LogP contribution in [0.2, 0.25) is 0 Å². The smallest absolute Gasteiger partial charge is 0.253 e. The molecular formula is C15H20BrNO. The molecule has 1 amide bonds. The number of hydrogen-bond donors (Lipinski definition) is 0. The van der Waals surface area contributed by atoms with Gasteiger partial charge in [0.2, 0.25) is 0 Å². The fourth-order valence-electron chi connectivity index (χ4n) is 2.59. The molecule has 1 aromatic rings. The minimum absolute atomic E-state index is 0.139. The van der Waals surface area contributed by atoms with Crippen molar-refractivity contribution in [2.75, 3.05) is 13.6 Å². The Morgan fingerprint density at radius 1 is 1.28 bits per heavy atom. The summed E-state index contributed by atoms with van der Waals surface area (Å²) >= 11 is 3.59. The molecule has 0 saturated heterocycles. The monoisotopic (exact) mass is 309 g/mol. The van der Waals surface area contributed by atoms with Gasteiger partial charge in [0.15, 0.2) is 0 Å². The van der Waals surface area contributed by atoms with E-state index in [0.29, 0.717) is 10.7 Å². The average Bonchev–Trinajstić information content (AvgIpc) is 2.24. The van der Waals surface area contributed by atoms with Gasteiger partial charge >= 0.3 is 0 Å². The minimum atomic E-state index is 0.139. The lowest BCUT2D eigenvalue weighted by molar-refractivity contribution is 0.0748. The lowest BCUT2D eigenvalue weighted by Crippen LogP contribution is -2.37. The molecule has 0 radical (unpaired) electrons. The zero-order chi connectivity index (χ0) is 13.3. The summed E-state index contributed by atoms with van der Waals surface area (Å²) in [7, 11) is 1.90. The van der Waals surface area contributed by atoms with Crippen LogP contribution >= 0.6 is 15.9 Å². The second kappa shape index (κ2) is 5.43. The molecule has 3 heteroatoms. The minimum Gasteiger partial charge on any atom is -0.341 e. The maximum absolute atomic E-state index is 12.3. The third-order valence-electron chi connectivity index (χ3n) is 3.53. The van der Waals surface area contributed by atoms with E-state index >= 15 is 0 Å². The van der Waals surface area contributed by atoms with Gasteiger partial charge in [0.25, 0.3) is 5.91 Å². The van der Waals surface area contributed by atoms with Gasteiger partial charge in [-0.2, -0.15) is 0 Å². The molecule has 0 spiro atoms. The number of benzene rings is 1. The standard InChI is InChI=1S/C15H20BrNO/c1-10-4-11(2)6-13(5-10)15(18)17(3)9-12-7-14(16)8-12/h4-6,12,14H,7-9H2,1-3H3. The van der Waals surface area contributed by atoms with Crippen LogP contribution < -0.4 is 0 Å². The van der Waals surface area contributed by atoms with Crippen molar-refractivity contribution in [3.63, 3.8) is 0 Å². The number of halogens is 1. The topological polar surface area (TPSA) is 20.3 Å². The fraction of sp³-hybridized carbons (Fsp3) is 0.533. The van der Waals surface area contributed by atoms with Crippen LogP contribution in [0, 0.1) is 19.8 Å². The quantitative estimate of drug-likeness (QED) is 0.782. The van der Waals surface area contributed by atoms with Gasteiger partial charge in [0.05, 0.1) is 0 Å². The number of aryl methyl sites for hydroxylation is 2. The van der Waals surface area contributed by atoms with Crippen LogP contribution in [0.1, 0.15) is 34.3 Å². The number of nitrogens with zero attached hydrogens (tertiary/aromatic N) is 1. The van der Waals surface area contributed by atoms with Gasteiger partial charge in [0, 0.05) is 24.0 Å². The molecule has 0 aromatic heterocycles. The predicted octanol–water partition coefficient (Wildman–Crippen LogP) is 3.55. The summed E-state index contributed by atoms with van der Waals surface area (Å²) in [5, 5.41) is 0. The highest BCUT2D eigenvalue weighted by Crippen LogP contribution is 2.33. The van der Waals surface area contributed by atoms with Crippen molar-refractivity contribution in [1.82, 2.24) is 4.90 Å². The molecule has 1 aliphatic rings. The van der Waals surface area contributed by atoms with E-state index in [-0.39, 0.29) is 5.91 Å². The molecule has 0 N–H and O–H groups in total. The van der Waals surface area contributed by atoms with E-state index in [4.69, 9.17) is 0 Å². The number of rotatable bonds is 3. The van der Waals surface area contributed by atoms with Crippen molar-refractivity contribution in [3.05, 3.63) is 34.9 Å². The van der Waals surface area contributed by atoms with Gasteiger partial charge in [-0.3, -0.25) is 4.79 Å². The third kappa shape index (κ3) is 3.14.